The second-order valence-electron chi connectivity index (χ2n) is 3.80. The van der Waals surface area contributed by atoms with Gasteiger partial charge in [0.05, 0.1) is 0 Å². The number of rotatable bonds is 0. The van der Waals surface area contributed by atoms with Crippen LogP contribution in [0.3, 0.4) is 0 Å². The summed E-state index contributed by atoms with van der Waals surface area (Å²) in [4.78, 5) is 0. The first-order chi connectivity index (χ1) is 4.89. The molecule has 0 heterocycles. The zero-order valence-corrected chi connectivity index (χ0v) is 10.8. The Kier molecular flexibility index (Phi) is 3.76. The van der Waals surface area contributed by atoms with E-state index in [-0.39, 0.29) is 17.8 Å². The molecule has 0 bridgehead atoms. The Morgan fingerprint density at radius 1 is 1.00 bits per heavy atom. The van der Waals surface area contributed by atoms with E-state index in [2.05, 4.69) is 52.9 Å². The molecule has 0 amide bonds. The molecule has 0 aromatic heterocycles. The zero-order valence-electron chi connectivity index (χ0n) is 8.26. The topological polar surface area (TPSA) is 0 Å². The molecule has 0 fully saturated rings. The summed E-state index contributed by atoms with van der Waals surface area (Å²) < 4.78 is 1.46. The van der Waals surface area contributed by atoms with Crippen molar-refractivity contribution in [2.75, 3.05) is 0 Å². The molecule has 0 unspecified atom stereocenters. The summed E-state index contributed by atoms with van der Waals surface area (Å²) in [5.41, 5.74) is 4.74. The van der Waals surface area contributed by atoms with Crippen LogP contribution in [0.25, 0.3) is 0 Å². The Bertz CT molecular complexity index is 233. The van der Waals surface area contributed by atoms with Gasteiger partial charge >= 0.3 is 79.2 Å². The molecular weight excluding hydrogens is 257 g/mol. The van der Waals surface area contributed by atoms with Crippen molar-refractivity contribution in [3.8, 4) is 0 Å². The van der Waals surface area contributed by atoms with Gasteiger partial charge in [-0.25, -0.2) is 0 Å². The largest absolute Gasteiger partial charge is 0.147 e. The van der Waals surface area contributed by atoms with Gasteiger partial charge in [-0.05, 0) is 0 Å². The average molecular weight is 273 g/mol. The van der Waals surface area contributed by atoms with E-state index in [1.807, 2.05) is 0 Å². The summed E-state index contributed by atoms with van der Waals surface area (Å²) in [6, 6.07) is 0. The Hall–Kier alpha value is 0.393. The summed E-state index contributed by atoms with van der Waals surface area (Å²) in [5, 5.41) is 0. The molecule has 1 aliphatic rings. The first-order valence-corrected chi connectivity index (χ1v) is 4.80. The minimum Gasteiger partial charge on any atom is -0.147 e. The molecule has 0 radical (unpaired) electrons. The van der Waals surface area contributed by atoms with Crippen LogP contribution >= 0.6 is 12.4 Å². The Morgan fingerprint density at radius 2 is 1.42 bits per heavy atom. The molecule has 71 valence electrons. The van der Waals surface area contributed by atoms with Gasteiger partial charge < -0.3 is 0 Å². The van der Waals surface area contributed by atoms with E-state index in [9.17, 15) is 0 Å². The van der Waals surface area contributed by atoms with Crippen molar-refractivity contribution in [1.29, 1.82) is 0 Å². The van der Waals surface area contributed by atoms with Crippen molar-refractivity contribution < 1.29 is 18.3 Å². The van der Waals surface area contributed by atoms with Crippen LogP contribution in [0.2, 0.25) is 0 Å². The summed E-state index contributed by atoms with van der Waals surface area (Å²) in [5.74, 6) is 0. The van der Waals surface area contributed by atoms with Crippen LogP contribution in [-0.4, -0.2) is 0 Å². The number of halogens is 1. The third-order valence-electron chi connectivity index (χ3n) is 2.92. The molecular formula is C10H16ClRu. The molecule has 0 aliphatic heterocycles. The molecule has 0 N–H and O–H groups in total. The van der Waals surface area contributed by atoms with Gasteiger partial charge in [0.25, 0.3) is 0 Å². The Balaban J connectivity index is 0.00000121. The van der Waals surface area contributed by atoms with Crippen LogP contribution in [0.4, 0.5) is 0 Å². The predicted molar refractivity (Wildman–Crippen MR) is 52.1 cm³/mol. The predicted octanol–water partition coefficient (Wildman–Crippen LogP) is 3.61. The van der Waals surface area contributed by atoms with Gasteiger partial charge in [-0.15, -0.1) is 12.4 Å². The van der Waals surface area contributed by atoms with Gasteiger partial charge in [0.2, 0.25) is 0 Å². The van der Waals surface area contributed by atoms with E-state index in [0.717, 1.165) is 0 Å². The fourth-order valence-electron chi connectivity index (χ4n) is 1.54. The molecule has 0 atom stereocenters. The first kappa shape index (κ1) is 12.4. The van der Waals surface area contributed by atoms with E-state index in [0.29, 0.717) is 0 Å². The maximum absolute atomic E-state index is 2.77. The van der Waals surface area contributed by atoms with E-state index in [1.54, 1.807) is 0 Å². The fraction of sp³-hybridized carbons (Fsp3) is 0.600. The maximum atomic E-state index is 2.77. The second-order valence-corrected chi connectivity index (χ2v) is 4.67. The van der Waals surface area contributed by atoms with Gasteiger partial charge in [0, 0.05) is 0 Å². The van der Waals surface area contributed by atoms with Crippen molar-refractivity contribution in [3.05, 3.63) is 20.9 Å². The minimum atomic E-state index is 0. The van der Waals surface area contributed by atoms with E-state index in [1.165, 1.54) is 20.9 Å². The number of allylic oxidation sites excluding steroid dienone is 4. The minimum absolute atomic E-state index is 0. The third kappa shape index (κ3) is 1.54. The van der Waals surface area contributed by atoms with E-state index < -0.39 is 0 Å². The first-order valence-electron chi connectivity index (χ1n) is 3.93. The van der Waals surface area contributed by atoms with Crippen LogP contribution in [0.1, 0.15) is 34.6 Å². The van der Waals surface area contributed by atoms with Crippen LogP contribution in [-0.2, 0) is 18.3 Å². The van der Waals surface area contributed by atoms with Gasteiger partial charge in [0.15, 0.2) is 0 Å². The second kappa shape index (κ2) is 3.64. The van der Waals surface area contributed by atoms with Crippen LogP contribution in [0, 0.1) is 5.41 Å². The Morgan fingerprint density at radius 3 is 1.50 bits per heavy atom. The van der Waals surface area contributed by atoms with Crippen molar-refractivity contribution in [3.63, 3.8) is 0 Å². The molecule has 0 saturated heterocycles. The molecule has 2 heteroatoms. The van der Waals surface area contributed by atoms with E-state index >= 15 is 0 Å². The van der Waals surface area contributed by atoms with Crippen molar-refractivity contribution in [2.45, 2.75) is 34.6 Å². The molecule has 0 nitrogen and oxygen atoms in total. The monoisotopic (exact) mass is 273 g/mol. The molecule has 1 aliphatic carbocycles. The van der Waals surface area contributed by atoms with Crippen LogP contribution in [0.5, 0.6) is 0 Å². The summed E-state index contributed by atoms with van der Waals surface area (Å²) in [6.45, 7) is 11.2. The van der Waals surface area contributed by atoms with Crippen molar-refractivity contribution in [1.82, 2.24) is 0 Å². The van der Waals surface area contributed by atoms with Crippen molar-refractivity contribution >= 4 is 12.4 Å². The summed E-state index contributed by atoms with van der Waals surface area (Å²) in [7, 11) is 0. The number of hydrogen-bond acceptors (Lipinski definition) is 0. The molecule has 0 aromatic carbocycles. The summed E-state index contributed by atoms with van der Waals surface area (Å²) >= 11 is 2.77. The van der Waals surface area contributed by atoms with Gasteiger partial charge in [0.1, 0.15) is 0 Å². The van der Waals surface area contributed by atoms with E-state index in [4.69, 9.17) is 0 Å². The fourth-order valence-corrected chi connectivity index (χ4v) is 2.19. The molecule has 0 saturated carbocycles. The smallest absolute Gasteiger partial charge is 0.147 e. The molecule has 12 heavy (non-hydrogen) atoms. The zero-order chi connectivity index (χ0) is 8.81. The molecule has 0 spiro atoms. The van der Waals surface area contributed by atoms with Gasteiger partial charge in [-0.1, -0.05) is 0 Å². The van der Waals surface area contributed by atoms with Crippen LogP contribution < -0.4 is 0 Å². The number of hydrogen-bond donors (Lipinski definition) is 0. The summed E-state index contributed by atoms with van der Waals surface area (Å²) in [6.07, 6.45) is 0. The standard InChI is InChI=1S/C10H15.ClH.Ru/c1-7-6-10(4,5)9(3)8(7)2;;/h1-5H3;1H;. The third-order valence-corrected chi connectivity index (χ3v) is 4.65. The maximum Gasteiger partial charge on any atom is -0.147 e. The Labute approximate surface area is 91.6 Å². The normalized spacial score (nSPS) is 21.5. The molecule has 1 rings (SSSR count). The van der Waals surface area contributed by atoms with Gasteiger partial charge in [-0.3, -0.25) is 0 Å². The van der Waals surface area contributed by atoms with Crippen molar-refractivity contribution in [2.24, 2.45) is 5.41 Å². The van der Waals surface area contributed by atoms with Gasteiger partial charge in [-0.2, -0.15) is 0 Å². The molecule has 0 aromatic rings. The SMILES string of the molecule is CC1=C(C)C(C)(C)[C]([Ru])=C1C.Cl. The average Bonchev–Trinajstić information content (AvgIpc) is 2.06. The quantitative estimate of drug-likeness (QED) is 0.591. The van der Waals surface area contributed by atoms with Crippen LogP contribution in [0.15, 0.2) is 20.9 Å².